The van der Waals surface area contributed by atoms with Gasteiger partial charge in [-0.05, 0) is 31.6 Å². The molecule has 82 valence electrons. The first-order valence-electron chi connectivity index (χ1n) is 4.63. The summed E-state index contributed by atoms with van der Waals surface area (Å²) in [5, 5.41) is 10.5. The van der Waals surface area contributed by atoms with Gasteiger partial charge in [-0.1, -0.05) is 11.3 Å². The van der Waals surface area contributed by atoms with E-state index in [1.54, 1.807) is 0 Å². The molecule has 5 nitrogen and oxygen atoms in total. The van der Waals surface area contributed by atoms with E-state index in [1.165, 1.54) is 0 Å². The van der Waals surface area contributed by atoms with Crippen molar-refractivity contribution in [2.45, 2.75) is 12.5 Å². The molecule has 1 aliphatic heterocycles. The second-order valence-electron chi connectivity index (χ2n) is 3.58. The normalized spacial score (nSPS) is 21.9. The van der Waals surface area contributed by atoms with Crippen LogP contribution in [-0.2, 0) is 0 Å². The van der Waals surface area contributed by atoms with E-state index in [-0.39, 0.29) is 11.9 Å². The van der Waals surface area contributed by atoms with Gasteiger partial charge in [-0.3, -0.25) is 4.79 Å². The van der Waals surface area contributed by atoms with Gasteiger partial charge in [-0.2, -0.15) is 0 Å². The molecule has 1 N–H and O–H groups in total. The van der Waals surface area contributed by atoms with Crippen molar-refractivity contribution in [3.8, 4) is 0 Å². The molecule has 1 aromatic rings. The van der Waals surface area contributed by atoms with Crippen molar-refractivity contribution in [1.82, 2.24) is 20.4 Å². The minimum absolute atomic E-state index is 0.181. The molecule has 1 saturated heterocycles. The van der Waals surface area contributed by atoms with Gasteiger partial charge < -0.3 is 10.2 Å². The fourth-order valence-electron chi connectivity index (χ4n) is 1.60. The van der Waals surface area contributed by atoms with Crippen molar-refractivity contribution in [2.24, 2.45) is 0 Å². The van der Waals surface area contributed by atoms with Crippen molar-refractivity contribution in [3.63, 3.8) is 0 Å². The molecule has 0 aromatic carbocycles. The summed E-state index contributed by atoms with van der Waals surface area (Å²) in [6, 6.07) is 0.213. The Kier molecular flexibility index (Phi) is 3.18. The third kappa shape index (κ3) is 2.64. The summed E-state index contributed by atoms with van der Waals surface area (Å²) in [6.07, 6.45) is 0.981. The molecule has 0 bridgehead atoms. The second-order valence-corrected chi connectivity index (χ2v) is 5.14. The molecule has 0 spiro atoms. The van der Waals surface area contributed by atoms with Crippen LogP contribution in [0.2, 0.25) is 4.47 Å². The summed E-state index contributed by atoms with van der Waals surface area (Å²) in [6.45, 7) is 1.90. The lowest BCUT2D eigenvalue weighted by atomic mass is 10.2. The fraction of sp³-hybridized carbons (Fsp3) is 0.625. The Bertz CT molecular complexity index is 369. The van der Waals surface area contributed by atoms with Gasteiger partial charge in [-0.15, -0.1) is 10.2 Å². The van der Waals surface area contributed by atoms with Gasteiger partial charge in [-0.25, -0.2) is 0 Å². The number of hydrogen-bond acceptors (Lipinski definition) is 5. The van der Waals surface area contributed by atoms with E-state index in [4.69, 9.17) is 11.6 Å². The maximum absolute atomic E-state index is 11.6. The predicted octanol–water partition coefficient (Wildman–Crippen LogP) is 0.625. The second kappa shape index (κ2) is 4.42. The fourth-order valence-corrected chi connectivity index (χ4v) is 2.33. The summed E-state index contributed by atoms with van der Waals surface area (Å²) < 4.78 is 0.295. The molecule has 2 rings (SSSR count). The number of rotatable bonds is 2. The lowest BCUT2D eigenvalue weighted by molar-refractivity contribution is 0.0937. The molecule has 1 fully saturated rings. The quantitative estimate of drug-likeness (QED) is 0.832. The number of likely N-dealkylation sites (N-methyl/N-ethyl adjacent to an activating group) is 1. The van der Waals surface area contributed by atoms with Crippen molar-refractivity contribution in [3.05, 3.63) is 9.47 Å². The van der Waals surface area contributed by atoms with Gasteiger partial charge in [0.05, 0.1) is 0 Å². The molecule has 1 unspecified atom stereocenters. The SMILES string of the molecule is CN1CCC(NC(=O)c2nnc(Cl)s2)C1. The summed E-state index contributed by atoms with van der Waals surface area (Å²) >= 11 is 6.70. The van der Waals surface area contributed by atoms with Crippen LogP contribution in [-0.4, -0.2) is 47.2 Å². The van der Waals surface area contributed by atoms with Crippen LogP contribution in [0.25, 0.3) is 0 Å². The largest absolute Gasteiger partial charge is 0.346 e. The first-order valence-corrected chi connectivity index (χ1v) is 5.83. The first-order chi connectivity index (χ1) is 7.15. The molecule has 15 heavy (non-hydrogen) atoms. The van der Waals surface area contributed by atoms with Crippen molar-refractivity contribution >= 4 is 28.8 Å². The molecular weight excluding hydrogens is 236 g/mol. The highest BCUT2D eigenvalue weighted by atomic mass is 35.5. The Morgan fingerprint density at radius 1 is 1.67 bits per heavy atom. The van der Waals surface area contributed by atoms with Crippen LogP contribution in [0.4, 0.5) is 0 Å². The van der Waals surface area contributed by atoms with Crippen molar-refractivity contribution < 1.29 is 4.79 Å². The maximum atomic E-state index is 11.6. The average Bonchev–Trinajstić information content (AvgIpc) is 2.75. The monoisotopic (exact) mass is 246 g/mol. The van der Waals surface area contributed by atoms with Crippen molar-refractivity contribution in [2.75, 3.05) is 20.1 Å². The molecule has 1 atom stereocenters. The highest BCUT2D eigenvalue weighted by Crippen LogP contribution is 2.15. The highest BCUT2D eigenvalue weighted by molar-refractivity contribution is 7.17. The van der Waals surface area contributed by atoms with Gasteiger partial charge in [0.1, 0.15) is 0 Å². The summed E-state index contributed by atoms with van der Waals surface area (Å²) in [7, 11) is 2.04. The molecule has 1 aromatic heterocycles. The third-order valence-electron chi connectivity index (χ3n) is 2.32. The number of hydrogen-bond donors (Lipinski definition) is 1. The van der Waals surface area contributed by atoms with E-state index in [2.05, 4.69) is 20.4 Å². The molecule has 2 heterocycles. The Hall–Kier alpha value is -0.720. The van der Waals surface area contributed by atoms with Gasteiger partial charge in [0.15, 0.2) is 0 Å². The Morgan fingerprint density at radius 3 is 3.00 bits per heavy atom. The number of halogens is 1. The first kappa shape index (κ1) is 10.8. The van der Waals surface area contributed by atoms with Gasteiger partial charge in [0.2, 0.25) is 9.47 Å². The Morgan fingerprint density at radius 2 is 2.47 bits per heavy atom. The number of aromatic nitrogens is 2. The van der Waals surface area contributed by atoms with Crippen LogP contribution < -0.4 is 5.32 Å². The highest BCUT2D eigenvalue weighted by Gasteiger charge is 2.22. The molecule has 1 amide bonds. The van der Waals surface area contributed by atoms with Crippen LogP contribution in [0.5, 0.6) is 0 Å². The summed E-state index contributed by atoms with van der Waals surface area (Å²) in [5.74, 6) is -0.181. The predicted molar refractivity (Wildman–Crippen MR) is 58.3 cm³/mol. The van der Waals surface area contributed by atoms with Gasteiger partial charge in [0, 0.05) is 12.6 Å². The van der Waals surface area contributed by atoms with Crippen LogP contribution in [0.15, 0.2) is 0 Å². The van der Waals surface area contributed by atoms with E-state index in [0.717, 1.165) is 30.8 Å². The number of carbonyl (C=O) groups is 1. The number of likely N-dealkylation sites (tertiary alicyclic amines) is 1. The van der Waals surface area contributed by atoms with E-state index >= 15 is 0 Å². The molecule has 0 radical (unpaired) electrons. The average molecular weight is 247 g/mol. The van der Waals surface area contributed by atoms with Crippen LogP contribution in [0, 0.1) is 0 Å². The molecule has 7 heteroatoms. The zero-order valence-electron chi connectivity index (χ0n) is 8.23. The number of nitrogens with one attached hydrogen (secondary N) is 1. The molecule has 0 saturated carbocycles. The van der Waals surface area contributed by atoms with E-state index in [0.29, 0.717) is 9.47 Å². The lowest BCUT2D eigenvalue weighted by Gasteiger charge is -2.10. The third-order valence-corrected chi connectivity index (χ3v) is 3.34. The summed E-state index contributed by atoms with van der Waals surface area (Å²) in [4.78, 5) is 13.8. The number of carbonyl (C=O) groups excluding carboxylic acids is 1. The molecule has 0 aliphatic carbocycles. The Labute approximate surface area is 96.4 Å². The standard InChI is InChI=1S/C8H11ClN4OS/c1-13-3-2-5(4-13)10-6(14)7-11-12-8(9)15-7/h5H,2-4H2,1H3,(H,10,14). The number of amides is 1. The van der Waals surface area contributed by atoms with E-state index < -0.39 is 0 Å². The zero-order valence-corrected chi connectivity index (χ0v) is 9.81. The van der Waals surface area contributed by atoms with E-state index in [9.17, 15) is 4.79 Å². The van der Waals surface area contributed by atoms with Crippen molar-refractivity contribution in [1.29, 1.82) is 0 Å². The number of nitrogens with zero attached hydrogens (tertiary/aromatic N) is 3. The maximum Gasteiger partial charge on any atom is 0.282 e. The van der Waals surface area contributed by atoms with Crippen LogP contribution >= 0.6 is 22.9 Å². The lowest BCUT2D eigenvalue weighted by Crippen LogP contribution is -2.36. The topological polar surface area (TPSA) is 58.1 Å². The molecule has 1 aliphatic rings. The van der Waals surface area contributed by atoms with E-state index in [1.807, 2.05) is 7.05 Å². The molecular formula is C8H11ClN4OS. The van der Waals surface area contributed by atoms with Crippen LogP contribution in [0.3, 0.4) is 0 Å². The van der Waals surface area contributed by atoms with Crippen LogP contribution in [0.1, 0.15) is 16.2 Å². The Balaban J connectivity index is 1.92. The van der Waals surface area contributed by atoms with Gasteiger partial charge >= 0.3 is 0 Å². The smallest absolute Gasteiger partial charge is 0.282 e. The zero-order chi connectivity index (χ0) is 10.8. The van der Waals surface area contributed by atoms with Gasteiger partial charge in [0.25, 0.3) is 5.91 Å². The minimum Gasteiger partial charge on any atom is -0.346 e. The summed E-state index contributed by atoms with van der Waals surface area (Å²) in [5.41, 5.74) is 0. The minimum atomic E-state index is -0.181.